The van der Waals surface area contributed by atoms with E-state index in [2.05, 4.69) is 44.8 Å². The second kappa shape index (κ2) is 3.46. The van der Waals surface area contributed by atoms with Gasteiger partial charge < -0.3 is 4.90 Å². The van der Waals surface area contributed by atoms with Crippen molar-refractivity contribution in [3.63, 3.8) is 0 Å². The van der Waals surface area contributed by atoms with E-state index < -0.39 is 0 Å². The summed E-state index contributed by atoms with van der Waals surface area (Å²) in [5.41, 5.74) is -0.0225. The smallest absolute Gasteiger partial charge is 0.244 e. The van der Waals surface area contributed by atoms with Crippen LogP contribution in [0.3, 0.4) is 0 Å². The lowest BCUT2D eigenvalue weighted by Gasteiger charge is -2.38. The Hall–Kier alpha value is -0.570. The zero-order valence-electron chi connectivity index (χ0n) is 11.1. The zero-order chi connectivity index (χ0) is 12.1. The standard InChI is InChI=1S/C13H24N2O/c1-6-10-14-13(7-8-13)11(16)15(10)9(2)12(3,4)5/h9-10,14H,6-8H2,1-5H3. The molecule has 0 aromatic rings. The van der Waals surface area contributed by atoms with Gasteiger partial charge in [-0.25, -0.2) is 0 Å². The van der Waals surface area contributed by atoms with E-state index in [9.17, 15) is 4.79 Å². The highest BCUT2D eigenvalue weighted by Crippen LogP contribution is 2.44. The van der Waals surface area contributed by atoms with Crippen molar-refractivity contribution in [1.82, 2.24) is 10.2 Å². The average Bonchev–Trinajstić information content (AvgIpc) is 2.89. The molecular formula is C13H24N2O. The first kappa shape index (κ1) is 11.9. The van der Waals surface area contributed by atoms with E-state index in [-0.39, 0.29) is 23.2 Å². The molecule has 0 aromatic heterocycles. The Bertz CT molecular complexity index is 302. The van der Waals surface area contributed by atoms with Crippen LogP contribution in [0.1, 0.15) is 53.9 Å². The van der Waals surface area contributed by atoms with Crippen LogP contribution in [0.25, 0.3) is 0 Å². The molecule has 92 valence electrons. The van der Waals surface area contributed by atoms with Crippen LogP contribution >= 0.6 is 0 Å². The van der Waals surface area contributed by atoms with Gasteiger partial charge in [-0.05, 0) is 31.6 Å². The Kier molecular flexibility index (Phi) is 2.57. The first-order chi connectivity index (χ1) is 7.32. The van der Waals surface area contributed by atoms with Crippen LogP contribution in [0, 0.1) is 5.41 Å². The van der Waals surface area contributed by atoms with Crippen LogP contribution in [0.15, 0.2) is 0 Å². The Morgan fingerprint density at radius 3 is 2.44 bits per heavy atom. The number of nitrogens with one attached hydrogen (secondary N) is 1. The topological polar surface area (TPSA) is 32.3 Å². The first-order valence-electron chi connectivity index (χ1n) is 6.42. The molecule has 0 aromatic carbocycles. The van der Waals surface area contributed by atoms with Crippen molar-refractivity contribution in [3.8, 4) is 0 Å². The molecule has 0 bridgehead atoms. The summed E-state index contributed by atoms with van der Waals surface area (Å²) in [7, 11) is 0. The van der Waals surface area contributed by atoms with E-state index in [1.165, 1.54) is 0 Å². The van der Waals surface area contributed by atoms with Crippen molar-refractivity contribution in [2.45, 2.75) is 71.6 Å². The third-order valence-corrected chi connectivity index (χ3v) is 4.23. The molecule has 3 heteroatoms. The lowest BCUT2D eigenvalue weighted by Crippen LogP contribution is -2.48. The van der Waals surface area contributed by atoms with Gasteiger partial charge in [0.05, 0.1) is 11.7 Å². The highest BCUT2D eigenvalue weighted by molar-refractivity contribution is 5.92. The van der Waals surface area contributed by atoms with Crippen molar-refractivity contribution in [1.29, 1.82) is 0 Å². The minimum atomic E-state index is -0.166. The van der Waals surface area contributed by atoms with Crippen molar-refractivity contribution in [2.75, 3.05) is 0 Å². The SMILES string of the molecule is CCC1NC2(CC2)C(=O)N1C(C)C(C)(C)C. The van der Waals surface area contributed by atoms with Crippen LogP contribution in [-0.2, 0) is 4.79 Å². The van der Waals surface area contributed by atoms with Gasteiger partial charge >= 0.3 is 0 Å². The molecule has 1 aliphatic carbocycles. The number of hydrogen-bond donors (Lipinski definition) is 1. The van der Waals surface area contributed by atoms with Gasteiger partial charge in [0.15, 0.2) is 0 Å². The Balaban J connectivity index is 2.22. The summed E-state index contributed by atoms with van der Waals surface area (Å²) < 4.78 is 0. The Morgan fingerprint density at radius 1 is 1.50 bits per heavy atom. The summed E-state index contributed by atoms with van der Waals surface area (Å²) in [5, 5.41) is 3.52. The average molecular weight is 224 g/mol. The lowest BCUT2D eigenvalue weighted by molar-refractivity contribution is -0.134. The molecule has 1 spiro atoms. The quantitative estimate of drug-likeness (QED) is 0.779. The monoisotopic (exact) mass is 224 g/mol. The predicted molar refractivity (Wildman–Crippen MR) is 64.9 cm³/mol. The van der Waals surface area contributed by atoms with Gasteiger partial charge in [-0.2, -0.15) is 0 Å². The lowest BCUT2D eigenvalue weighted by atomic mass is 9.86. The van der Waals surface area contributed by atoms with Crippen molar-refractivity contribution in [2.24, 2.45) is 5.41 Å². The molecule has 2 atom stereocenters. The molecule has 1 N–H and O–H groups in total. The van der Waals surface area contributed by atoms with Gasteiger partial charge in [0, 0.05) is 6.04 Å². The van der Waals surface area contributed by atoms with Crippen LogP contribution in [0.2, 0.25) is 0 Å². The van der Waals surface area contributed by atoms with Gasteiger partial charge in [0.2, 0.25) is 5.91 Å². The second-order valence-electron chi connectivity index (χ2n) is 6.40. The highest BCUT2D eigenvalue weighted by atomic mass is 16.2. The molecule has 2 unspecified atom stereocenters. The van der Waals surface area contributed by atoms with Crippen molar-refractivity contribution in [3.05, 3.63) is 0 Å². The van der Waals surface area contributed by atoms with E-state index in [4.69, 9.17) is 0 Å². The summed E-state index contributed by atoms with van der Waals surface area (Å²) in [5.74, 6) is 0.335. The summed E-state index contributed by atoms with van der Waals surface area (Å²) in [4.78, 5) is 14.5. The molecule has 2 rings (SSSR count). The molecule has 1 saturated carbocycles. The first-order valence-corrected chi connectivity index (χ1v) is 6.42. The molecule has 16 heavy (non-hydrogen) atoms. The normalized spacial score (nSPS) is 29.9. The van der Waals surface area contributed by atoms with E-state index in [1.807, 2.05) is 0 Å². The Labute approximate surface area is 98.6 Å². The minimum Gasteiger partial charge on any atom is -0.322 e. The molecule has 1 saturated heterocycles. The fourth-order valence-corrected chi connectivity index (χ4v) is 2.48. The Morgan fingerprint density at radius 2 is 2.06 bits per heavy atom. The van der Waals surface area contributed by atoms with E-state index >= 15 is 0 Å². The second-order valence-corrected chi connectivity index (χ2v) is 6.40. The molecule has 1 aliphatic heterocycles. The van der Waals surface area contributed by atoms with Crippen LogP contribution < -0.4 is 5.32 Å². The van der Waals surface area contributed by atoms with Crippen LogP contribution in [0.5, 0.6) is 0 Å². The largest absolute Gasteiger partial charge is 0.322 e. The van der Waals surface area contributed by atoms with Gasteiger partial charge in [0.25, 0.3) is 0 Å². The summed E-state index contributed by atoms with van der Waals surface area (Å²) >= 11 is 0. The molecule has 3 nitrogen and oxygen atoms in total. The third-order valence-electron chi connectivity index (χ3n) is 4.23. The molecule has 2 aliphatic rings. The van der Waals surface area contributed by atoms with E-state index in [0.717, 1.165) is 19.3 Å². The number of carbonyl (C=O) groups is 1. The predicted octanol–water partition coefficient (Wildman–Crippen LogP) is 2.12. The van der Waals surface area contributed by atoms with Crippen LogP contribution in [0.4, 0.5) is 0 Å². The summed E-state index contributed by atoms with van der Waals surface area (Å²) in [6.07, 6.45) is 3.28. The molecule has 2 fully saturated rings. The summed E-state index contributed by atoms with van der Waals surface area (Å²) in [6.45, 7) is 10.9. The number of amides is 1. The number of rotatable bonds is 2. The minimum absolute atomic E-state index is 0.144. The number of carbonyl (C=O) groups excluding carboxylic acids is 1. The third kappa shape index (κ3) is 1.65. The molecular weight excluding hydrogens is 200 g/mol. The number of nitrogens with zero attached hydrogens (tertiary/aromatic N) is 1. The van der Waals surface area contributed by atoms with Gasteiger partial charge in [-0.3, -0.25) is 10.1 Å². The fraction of sp³-hybridized carbons (Fsp3) is 0.923. The highest BCUT2D eigenvalue weighted by Gasteiger charge is 2.60. The molecule has 0 radical (unpaired) electrons. The maximum absolute atomic E-state index is 12.4. The maximum atomic E-state index is 12.4. The van der Waals surface area contributed by atoms with Crippen LogP contribution in [-0.4, -0.2) is 28.6 Å². The van der Waals surface area contributed by atoms with Gasteiger partial charge in [0.1, 0.15) is 0 Å². The van der Waals surface area contributed by atoms with E-state index in [0.29, 0.717) is 5.91 Å². The van der Waals surface area contributed by atoms with Crippen molar-refractivity contribution >= 4 is 5.91 Å². The summed E-state index contributed by atoms with van der Waals surface area (Å²) in [6, 6.07) is 0.289. The van der Waals surface area contributed by atoms with Gasteiger partial charge in [-0.1, -0.05) is 27.7 Å². The van der Waals surface area contributed by atoms with Gasteiger partial charge in [-0.15, -0.1) is 0 Å². The number of hydrogen-bond acceptors (Lipinski definition) is 2. The molecule has 1 heterocycles. The van der Waals surface area contributed by atoms with Crippen molar-refractivity contribution < 1.29 is 4.79 Å². The van der Waals surface area contributed by atoms with E-state index in [1.54, 1.807) is 0 Å². The maximum Gasteiger partial charge on any atom is 0.244 e. The zero-order valence-corrected chi connectivity index (χ0v) is 11.1. The molecule has 1 amide bonds. The fourth-order valence-electron chi connectivity index (χ4n) is 2.48.